The zero-order valence-electron chi connectivity index (χ0n) is 17.1. The molecule has 1 fully saturated rings. The number of nitrogens with one attached hydrogen (secondary N) is 1. The maximum Gasteiger partial charge on any atom is 0.254 e. The number of hydrogen-bond donors (Lipinski definition) is 2. The molecule has 7 heteroatoms. The maximum atomic E-state index is 13.0. The number of rotatable bonds is 3. The third kappa shape index (κ3) is 3.43. The molecule has 0 radical (unpaired) electrons. The van der Waals surface area contributed by atoms with Crippen LogP contribution >= 0.6 is 0 Å². The van der Waals surface area contributed by atoms with Crippen LogP contribution in [0.3, 0.4) is 0 Å². The van der Waals surface area contributed by atoms with E-state index in [4.69, 9.17) is 10.5 Å². The molecule has 1 aliphatic rings. The molecule has 0 saturated carbocycles. The van der Waals surface area contributed by atoms with Crippen LogP contribution in [0.5, 0.6) is 0 Å². The Morgan fingerprint density at radius 2 is 1.84 bits per heavy atom. The number of morpholine rings is 1. The van der Waals surface area contributed by atoms with Gasteiger partial charge in [-0.25, -0.2) is 0 Å². The molecule has 0 spiro atoms. The highest BCUT2D eigenvalue weighted by atomic mass is 16.5. The van der Waals surface area contributed by atoms with Gasteiger partial charge in [0.25, 0.3) is 11.8 Å². The van der Waals surface area contributed by atoms with Gasteiger partial charge in [0.1, 0.15) is 0 Å². The Labute approximate surface area is 178 Å². The molecular weight excluding hydrogens is 392 g/mol. The van der Waals surface area contributed by atoms with Crippen LogP contribution in [0, 0.1) is 6.92 Å². The van der Waals surface area contributed by atoms with E-state index in [-0.39, 0.29) is 5.91 Å². The highest BCUT2D eigenvalue weighted by Crippen LogP contribution is 2.33. The highest BCUT2D eigenvalue weighted by molar-refractivity contribution is 6.17. The predicted octanol–water partition coefficient (Wildman–Crippen LogP) is 3.26. The van der Waals surface area contributed by atoms with Crippen molar-refractivity contribution in [2.75, 3.05) is 26.3 Å². The summed E-state index contributed by atoms with van der Waals surface area (Å²) in [5, 5.41) is 1.72. The van der Waals surface area contributed by atoms with Gasteiger partial charge >= 0.3 is 0 Å². The Hall–Kier alpha value is -3.71. The number of hydrogen-bond acceptors (Lipinski definition) is 4. The van der Waals surface area contributed by atoms with E-state index in [1.807, 2.05) is 43.3 Å². The summed E-state index contributed by atoms with van der Waals surface area (Å²) >= 11 is 0. The largest absolute Gasteiger partial charge is 0.378 e. The lowest BCUT2D eigenvalue weighted by atomic mass is 9.99. The van der Waals surface area contributed by atoms with Crippen LogP contribution in [-0.2, 0) is 4.74 Å². The van der Waals surface area contributed by atoms with Crippen molar-refractivity contribution in [3.8, 4) is 11.1 Å². The summed E-state index contributed by atoms with van der Waals surface area (Å²) < 4.78 is 5.35. The SMILES string of the molecule is Cc1ccc(-c2cc(C(N)=O)c3[nH]c4ccc(C(=O)N5CCOCC5)cc4c3c2)cn1. The molecule has 3 heterocycles. The number of nitrogens with zero attached hydrogens (tertiary/aromatic N) is 2. The third-order valence-corrected chi connectivity index (χ3v) is 5.76. The average molecular weight is 414 g/mol. The number of ether oxygens (including phenoxy) is 1. The summed E-state index contributed by atoms with van der Waals surface area (Å²) in [6, 6.07) is 13.3. The van der Waals surface area contributed by atoms with Gasteiger partial charge < -0.3 is 20.4 Å². The number of carbonyl (C=O) groups is 2. The summed E-state index contributed by atoms with van der Waals surface area (Å²) in [6.45, 7) is 4.20. The second kappa shape index (κ2) is 7.52. The molecule has 3 N–H and O–H groups in total. The second-order valence-electron chi connectivity index (χ2n) is 7.79. The van der Waals surface area contributed by atoms with Crippen molar-refractivity contribution in [3.05, 3.63) is 65.5 Å². The third-order valence-electron chi connectivity index (χ3n) is 5.76. The molecule has 0 bridgehead atoms. The average Bonchev–Trinajstić information content (AvgIpc) is 3.16. The summed E-state index contributed by atoms with van der Waals surface area (Å²) in [5.41, 5.74) is 10.9. The maximum absolute atomic E-state index is 13.0. The number of H-pyrrole nitrogens is 1. The van der Waals surface area contributed by atoms with Gasteiger partial charge in [-0.2, -0.15) is 0 Å². The van der Waals surface area contributed by atoms with Crippen LogP contribution in [0.4, 0.5) is 0 Å². The standard InChI is InChI=1S/C24H22N4O3/c1-14-2-3-16(13-26-14)17-11-19-18-10-15(24(30)28-6-8-31-9-7-28)4-5-21(18)27-22(19)20(12-17)23(25)29/h2-5,10-13,27H,6-9H2,1H3,(H2,25,29). The zero-order valence-corrected chi connectivity index (χ0v) is 17.1. The quantitative estimate of drug-likeness (QED) is 0.537. The van der Waals surface area contributed by atoms with E-state index in [1.165, 1.54) is 0 Å². The van der Waals surface area contributed by atoms with Crippen LogP contribution in [0.1, 0.15) is 26.4 Å². The van der Waals surface area contributed by atoms with E-state index in [9.17, 15) is 9.59 Å². The van der Waals surface area contributed by atoms with Crippen molar-refractivity contribution in [1.29, 1.82) is 0 Å². The highest BCUT2D eigenvalue weighted by Gasteiger charge is 2.20. The minimum absolute atomic E-state index is 0.0198. The number of aryl methyl sites for hydroxylation is 1. The van der Waals surface area contributed by atoms with Gasteiger partial charge in [0, 0.05) is 52.4 Å². The molecule has 2 aromatic heterocycles. The lowest BCUT2D eigenvalue weighted by Gasteiger charge is -2.26. The Morgan fingerprint density at radius 1 is 1.03 bits per heavy atom. The Morgan fingerprint density at radius 3 is 2.55 bits per heavy atom. The first-order valence-electron chi connectivity index (χ1n) is 10.2. The summed E-state index contributed by atoms with van der Waals surface area (Å²) in [4.78, 5) is 34.7. The van der Waals surface area contributed by atoms with Gasteiger partial charge in [-0.15, -0.1) is 0 Å². The Balaban J connectivity index is 1.68. The van der Waals surface area contributed by atoms with Crippen LogP contribution in [0.2, 0.25) is 0 Å². The fourth-order valence-electron chi connectivity index (χ4n) is 4.08. The van der Waals surface area contributed by atoms with Gasteiger partial charge in [-0.1, -0.05) is 6.07 Å². The molecule has 4 aromatic rings. The first kappa shape index (κ1) is 19.3. The zero-order chi connectivity index (χ0) is 21.5. The van der Waals surface area contributed by atoms with Crippen LogP contribution < -0.4 is 5.73 Å². The first-order valence-corrected chi connectivity index (χ1v) is 10.2. The number of carbonyl (C=O) groups excluding carboxylic acids is 2. The topological polar surface area (TPSA) is 101 Å². The summed E-state index contributed by atoms with van der Waals surface area (Å²) in [6.07, 6.45) is 1.78. The van der Waals surface area contributed by atoms with E-state index in [1.54, 1.807) is 17.2 Å². The van der Waals surface area contributed by atoms with Crippen molar-refractivity contribution in [2.24, 2.45) is 5.73 Å². The number of fused-ring (bicyclic) bond motifs is 3. The molecule has 0 unspecified atom stereocenters. The van der Waals surface area contributed by atoms with E-state index in [0.29, 0.717) is 42.9 Å². The Kier molecular flexibility index (Phi) is 4.67. The number of aromatic nitrogens is 2. The van der Waals surface area contributed by atoms with Crippen molar-refractivity contribution in [3.63, 3.8) is 0 Å². The summed E-state index contributed by atoms with van der Waals surface area (Å²) in [5.74, 6) is -0.531. The van der Waals surface area contributed by atoms with Gasteiger partial charge in [0.15, 0.2) is 0 Å². The molecule has 156 valence electrons. The molecule has 0 aliphatic carbocycles. The molecule has 2 amide bonds. The van der Waals surface area contributed by atoms with Gasteiger partial charge in [0.2, 0.25) is 0 Å². The molecule has 2 aromatic carbocycles. The number of amides is 2. The second-order valence-corrected chi connectivity index (χ2v) is 7.79. The van der Waals surface area contributed by atoms with E-state index in [0.717, 1.165) is 33.1 Å². The summed E-state index contributed by atoms with van der Waals surface area (Å²) in [7, 11) is 0. The van der Waals surface area contributed by atoms with Gasteiger partial charge in [-0.3, -0.25) is 14.6 Å². The van der Waals surface area contributed by atoms with Crippen LogP contribution in [0.25, 0.3) is 32.9 Å². The van der Waals surface area contributed by atoms with E-state index in [2.05, 4.69) is 9.97 Å². The molecule has 7 nitrogen and oxygen atoms in total. The molecule has 1 aliphatic heterocycles. The molecular formula is C24H22N4O3. The molecule has 1 saturated heterocycles. The Bertz CT molecular complexity index is 1320. The van der Waals surface area contributed by atoms with E-state index < -0.39 is 5.91 Å². The van der Waals surface area contributed by atoms with Gasteiger partial charge in [-0.05, 0) is 48.9 Å². The lowest BCUT2D eigenvalue weighted by molar-refractivity contribution is 0.0303. The smallest absolute Gasteiger partial charge is 0.254 e. The van der Waals surface area contributed by atoms with Crippen molar-refractivity contribution in [2.45, 2.75) is 6.92 Å². The molecule has 31 heavy (non-hydrogen) atoms. The monoisotopic (exact) mass is 414 g/mol. The lowest BCUT2D eigenvalue weighted by Crippen LogP contribution is -2.40. The minimum atomic E-state index is -0.511. The van der Waals surface area contributed by atoms with Crippen molar-refractivity contribution in [1.82, 2.24) is 14.9 Å². The minimum Gasteiger partial charge on any atom is -0.378 e. The van der Waals surface area contributed by atoms with Crippen LogP contribution in [0.15, 0.2) is 48.7 Å². The first-order chi connectivity index (χ1) is 15.0. The predicted molar refractivity (Wildman–Crippen MR) is 119 cm³/mol. The van der Waals surface area contributed by atoms with E-state index >= 15 is 0 Å². The number of benzene rings is 2. The molecule has 0 atom stereocenters. The van der Waals surface area contributed by atoms with Crippen molar-refractivity contribution >= 4 is 33.6 Å². The number of pyridine rings is 1. The number of aromatic amines is 1. The number of nitrogens with two attached hydrogens (primary N) is 1. The fourth-order valence-corrected chi connectivity index (χ4v) is 4.08. The fraction of sp³-hybridized carbons (Fsp3) is 0.208. The van der Waals surface area contributed by atoms with Crippen molar-refractivity contribution < 1.29 is 14.3 Å². The van der Waals surface area contributed by atoms with Crippen LogP contribution in [-0.4, -0.2) is 53.0 Å². The van der Waals surface area contributed by atoms with Gasteiger partial charge in [0.05, 0.1) is 24.3 Å². The molecule has 5 rings (SSSR count). The normalized spacial score (nSPS) is 14.3. The number of primary amides is 1.